The van der Waals surface area contributed by atoms with E-state index in [1.54, 1.807) is 0 Å². The molecule has 1 N–H and O–H groups in total. The molecule has 1 aromatic heterocycles. The highest BCUT2D eigenvalue weighted by atomic mass is 32.2. The minimum Gasteiger partial charge on any atom is -0.483 e. The van der Waals surface area contributed by atoms with Gasteiger partial charge in [-0.25, -0.2) is 0 Å². The van der Waals surface area contributed by atoms with Gasteiger partial charge in [0.05, 0.1) is 5.75 Å². The molecule has 1 fully saturated rings. The summed E-state index contributed by atoms with van der Waals surface area (Å²) in [5, 5.41) is 12.8. The van der Waals surface area contributed by atoms with Crippen molar-refractivity contribution < 1.29 is 9.53 Å². The van der Waals surface area contributed by atoms with Gasteiger partial charge in [-0.3, -0.25) is 4.79 Å². The smallest absolute Gasteiger partial charge is 0.230 e. The van der Waals surface area contributed by atoms with Crippen molar-refractivity contribution in [3.8, 4) is 5.75 Å². The second kappa shape index (κ2) is 11.2. The molecule has 2 aromatic rings. The third-order valence-electron chi connectivity index (χ3n) is 6.22. The topological polar surface area (TPSA) is 69.0 Å². The molecule has 3 unspecified atom stereocenters. The average Bonchev–Trinajstić information content (AvgIpc) is 3.19. The zero-order valence-corrected chi connectivity index (χ0v) is 21.1. The van der Waals surface area contributed by atoms with E-state index in [9.17, 15) is 4.79 Å². The van der Waals surface area contributed by atoms with Gasteiger partial charge in [0.25, 0.3) is 0 Å². The monoisotopic (exact) mass is 458 g/mol. The van der Waals surface area contributed by atoms with Crippen molar-refractivity contribution in [3.05, 3.63) is 35.7 Å². The van der Waals surface area contributed by atoms with Crippen LogP contribution in [-0.4, -0.2) is 32.5 Å². The molecule has 0 spiro atoms. The summed E-state index contributed by atoms with van der Waals surface area (Å²) in [7, 11) is 0. The Balaban J connectivity index is 1.63. The summed E-state index contributed by atoms with van der Waals surface area (Å²) >= 11 is 1.44. The molecule has 176 valence electrons. The van der Waals surface area contributed by atoms with Gasteiger partial charge in [-0.05, 0) is 63.1 Å². The lowest BCUT2D eigenvalue weighted by Crippen LogP contribution is -2.41. The molecule has 0 radical (unpaired) electrons. The number of carbonyl (C=O) groups excluding carboxylic acids is 1. The van der Waals surface area contributed by atoms with Crippen LogP contribution in [0.2, 0.25) is 0 Å². The Morgan fingerprint density at radius 3 is 2.44 bits per heavy atom. The van der Waals surface area contributed by atoms with E-state index in [1.165, 1.54) is 36.6 Å². The van der Waals surface area contributed by atoms with E-state index in [0.29, 0.717) is 23.6 Å². The summed E-state index contributed by atoms with van der Waals surface area (Å²) in [6.45, 7) is 12.8. The van der Waals surface area contributed by atoms with E-state index >= 15 is 0 Å². The number of amides is 1. The SMILES string of the molecule is CC(C)c1ccc(OC(C)c2nnc(SCC(=O)NC3CCCCC3C)n2C(C)C)cc1. The molecule has 6 nitrogen and oxygen atoms in total. The van der Waals surface area contributed by atoms with Crippen molar-refractivity contribution in [2.24, 2.45) is 5.92 Å². The van der Waals surface area contributed by atoms with E-state index in [-0.39, 0.29) is 18.1 Å². The van der Waals surface area contributed by atoms with Gasteiger partial charge in [-0.15, -0.1) is 10.2 Å². The maximum Gasteiger partial charge on any atom is 0.230 e. The van der Waals surface area contributed by atoms with Crippen LogP contribution in [-0.2, 0) is 4.79 Å². The number of nitrogens with one attached hydrogen (secondary N) is 1. The second-order valence-electron chi connectivity index (χ2n) is 9.51. The molecule has 1 saturated carbocycles. The third kappa shape index (κ3) is 6.27. The molecule has 0 bridgehead atoms. The van der Waals surface area contributed by atoms with Crippen LogP contribution in [0.1, 0.15) is 96.7 Å². The van der Waals surface area contributed by atoms with E-state index in [2.05, 4.69) is 66.8 Å². The van der Waals surface area contributed by atoms with Crippen LogP contribution in [0.3, 0.4) is 0 Å². The number of aromatic nitrogens is 3. The van der Waals surface area contributed by atoms with Crippen molar-refractivity contribution in [3.63, 3.8) is 0 Å². The largest absolute Gasteiger partial charge is 0.483 e. The maximum atomic E-state index is 12.6. The summed E-state index contributed by atoms with van der Waals surface area (Å²) in [5.41, 5.74) is 1.29. The standard InChI is InChI=1S/C25H38N4O2S/c1-16(2)20-11-13-21(14-12-20)31-19(6)24-27-28-25(29(24)17(3)4)32-15-23(30)26-22-10-8-7-9-18(22)5/h11-14,16-19,22H,7-10,15H2,1-6H3,(H,26,30). The number of thioether (sulfide) groups is 1. The van der Waals surface area contributed by atoms with Gasteiger partial charge in [-0.1, -0.05) is 57.5 Å². The van der Waals surface area contributed by atoms with E-state index < -0.39 is 0 Å². The number of ether oxygens (including phenoxy) is 1. The lowest BCUT2D eigenvalue weighted by Gasteiger charge is -2.29. The highest BCUT2D eigenvalue weighted by Crippen LogP contribution is 2.29. The number of carbonyl (C=O) groups is 1. The lowest BCUT2D eigenvalue weighted by molar-refractivity contribution is -0.119. The number of nitrogens with zero attached hydrogens (tertiary/aromatic N) is 3. The minimum absolute atomic E-state index is 0.0724. The molecular formula is C25H38N4O2S. The van der Waals surface area contributed by atoms with Crippen molar-refractivity contribution in [1.82, 2.24) is 20.1 Å². The van der Waals surface area contributed by atoms with Gasteiger partial charge in [0, 0.05) is 12.1 Å². The first kappa shape index (κ1) is 24.6. The summed E-state index contributed by atoms with van der Waals surface area (Å²) < 4.78 is 8.24. The first-order chi connectivity index (χ1) is 15.3. The summed E-state index contributed by atoms with van der Waals surface area (Å²) in [6, 6.07) is 8.69. The van der Waals surface area contributed by atoms with Gasteiger partial charge in [0.2, 0.25) is 5.91 Å². The Morgan fingerprint density at radius 1 is 1.12 bits per heavy atom. The van der Waals surface area contributed by atoms with E-state index in [1.807, 2.05) is 19.1 Å². The van der Waals surface area contributed by atoms with Crippen molar-refractivity contribution in [1.29, 1.82) is 0 Å². The van der Waals surface area contributed by atoms with Gasteiger partial charge >= 0.3 is 0 Å². The van der Waals surface area contributed by atoms with Crippen molar-refractivity contribution in [2.75, 3.05) is 5.75 Å². The Morgan fingerprint density at radius 2 is 1.81 bits per heavy atom. The summed E-state index contributed by atoms with van der Waals surface area (Å²) in [4.78, 5) is 12.6. The van der Waals surface area contributed by atoms with Crippen LogP contribution in [0.4, 0.5) is 0 Å². The van der Waals surface area contributed by atoms with Crippen LogP contribution in [0, 0.1) is 5.92 Å². The number of hydrogen-bond acceptors (Lipinski definition) is 5. The van der Waals surface area contributed by atoms with Gasteiger partial charge < -0.3 is 14.6 Å². The van der Waals surface area contributed by atoms with Crippen molar-refractivity contribution >= 4 is 17.7 Å². The molecule has 1 heterocycles. The molecule has 3 atom stereocenters. The van der Waals surface area contributed by atoms with E-state index in [4.69, 9.17) is 4.74 Å². The molecule has 1 aliphatic carbocycles. The predicted octanol–water partition coefficient (Wildman–Crippen LogP) is 5.91. The molecule has 3 rings (SSSR count). The van der Waals surface area contributed by atoms with Crippen LogP contribution in [0.15, 0.2) is 29.4 Å². The molecule has 7 heteroatoms. The first-order valence-corrected chi connectivity index (χ1v) is 12.9. The Labute approximate surface area is 196 Å². The zero-order valence-electron chi connectivity index (χ0n) is 20.3. The highest BCUT2D eigenvalue weighted by Gasteiger charge is 2.25. The van der Waals surface area contributed by atoms with Crippen LogP contribution in [0.5, 0.6) is 5.75 Å². The zero-order chi connectivity index (χ0) is 23.3. The molecule has 32 heavy (non-hydrogen) atoms. The molecule has 0 aliphatic heterocycles. The molecule has 0 saturated heterocycles. The fourth-order valence-corrected chi connectivity index (χ4v) is 5.13. The molecule has 1 amide bonds. The highest BCUT2D eigenvalue weighted by molar-refractivity contribution is 7.99. The summed E-state index contributed by atoms with van der Waals surface area (Å²) in [5.74, 6) is 3.05. The Bertz CT molecular complexity index is 879. The minimum atomic E-state index is -0.249. The molecule has 1 aromatic carbocycles. The van der Waals surface area contributed by atoms with Crippen LogP contribution in [0.25, 0.3) is 0 Å². The number of hydrogen-bond donors (Lipinski definition) is 1. The van der Waals surface area contributed by atoms with Gasteiger partial charge in [-0.2, -0.15) is 0 Å². The summed E-state index contributed by atoms with van der Waals surface area (Å²) in [6.07, 6.45) is 4.50. The fraction of sp³-hybridized carbons (Fsp3) is 0.640. The first-order valence-electron chi connectivity index (χ1n) is 11.9. The van der Waals surface area contributed by atoms with E-state index in [0.717, 1.165) is 23.2 Å². The third-order valence-corrected chi connectivity index (χ3v) is 7.16. The average molecular weight is 459 g/mol. The lowest BCUT2D eigenvalue weighted by atomic mass is 9.86. The predicted molar refractivity (Wildman–Crippen MR) is 130 cm³/mol. The molecular weight excluding hydrogens is 420 g/mol. The Hall–Kier alpha value is -2.02. The van der Waals surface area contributed by atoms with Gasteiger partial charge in [0.15, 0.2) is 17.1 Å². The van der Waals surface area contributed by atoms with Crippen LogP contribution >= 0.6 is 11.8 Å². The fourth-order valence-electron chi connectivity index (χ4n) is 4.25. The quantitative estimate of drug-likeness (QED) is 0.473. The second-order valence-corrected chi connectivity index (χ2v) is 10.5. The van der Waals surface area contributed by atoms with Crippen LogP contribution < -0.4 is 10.1 Å². The number of rotatable bonds is 9. The van der Waals surface area contributed by atoms with Gasteiger partial charge in [0.1, 0.15) is 5.75 Å². The maximum absolute atomic E-state index is 12.6. The molecule has 1 aliphatic rings. The Kier molecular flexibility index (Phi) is 8.63. The van der Waals surface area contributed by atoms with Crippen molar-refractivity contribution in [2.45, 2.75) is 96.5 Å². The normalized spacial score (nSPS) is 19.9. The number of benzene rings is 1.